The summed E-state index contributed by atoms with van der Waals surface area (Å²) < 4.78 is 1.72. The molecule has 1 aromatic rings. The lowest BCUT2D eigenvalue weighted by atomic mass is 10.1. The molecule has 0 bridgehead atoms. The van der Waals surface area contributed by atoms with Crippen molar-refractivity contribution in [3.63, 3.8) is 0 Å². The van der Waals surface area contributed by atoms with Gasteiger partial charge in [0.1, 0.15) is 0 Å². The monoisotopic (exact) mass is 254 g/mol. The molecule has 0 saturated heterocycles. The van der Waals surface area contributed by atoms with Gasteiger partial charge in [0.15, 0.2) is 5.82 Å². The number of aromatic nitrogens is 4. The van der Waals surface area contributed by atoms with E-state index >= 15 is 0 Å². The normalized spacial score (nSPS) is 10.7. The second-order valence-electron chi connectivity index (χ2n) is 4.48. The molecule has 1 heterocycles. The van der Waals surface area contributed by atoms with Crippen LogP contribution in [0.25, 0.3) is 0 Å². The molecule has 0 fully saturated rings. The molecule has 1 rings (SSSR count). The Morgan fingerprint density at radius 3 is 2.72 bits per heavy atom. The Balaban J connectivity index is 2.24. The molecule has 0 saturated carbocycles. The minimum Gasteiger partial charge on any atom is -0.481 e. The van der Waals surface area contributed by atoms with E-state index in [1.165, 1.54) is 25.7 Å². The van der Waals surface area contributed by atoms with E-state index in [4.69, 9.17) is 5.11 Å². The number of rotatable bonds is 10. The molecule has 102 valence electrons. The Morgan fingerprint density at radius 1 is 1.22 bits per heavy atom. The van der Waals surface area contributed by atoms with Crippen LogP contribution in [0.3, 0.4) is 0 Å². The van der Waals surface area contributed by atoms with Crippen molar-refractivity contribution < 1.29 is 9.90 Å². The minimum absolute atomic E-state index is 0.162. The molecule has 6 heteroatoms. The van der Waals surface area contributed by atoms with Gasteiger partial charge in [-0.1, -0.05) is 32.6 Å². The van der Waals surface area contributed by atoms with Gasteiger partial charge in [-0.15, -0.1) is 5.10 Å². The summed E-state index contributed by atoms with van der Waals surface area (Å²) in [6.07, 6.45) is 7.70. The first-order valence-electron chi connectivity index (χ1n) is 6.71. The van der Waals surface area contributed by atoms with Crippen LogP contribution in [0.4, 0.5) is 0 Å². The van der Waals surface area contributed by atoms with Gasteiger partial charge in [-0.3, -0.25) is 4.79 Å². The summed E-state index contributed by atoms with van der Waals surface area (Å²) in [5.41, 5.74) is 0. The number of tetrazole rings is 1. The zero-order valence-electron chi connectivity index (χ0n) is 11.0. The van der Waals surface area contributed by atoms with Crippen LogP contribution in [-0.4, -0.2) is 31.3 Å². The Morgan fingerprint density at radius 2 is 2.00 bits per heavy atom. The van der Waals surface area contributed by atoms with Crippen LogP contribution in [0.1, 0.15) is 57.7 Å². The quantitative estimate of drug-likeness (QED) is 0.646. The van der Waals surface area contributed by atoms with Crippen molar-refractivity contribution in [2.45, 2.75) is 64.8 Å². The van der Waals surface area contributed by atoms with Crippen molar-refractivity contribution in [3.05, 3.63) is 5.82 Å². The van der Waals surface area contributed by atoms with Crippen molar-refractivity contribution in [2.75, 3.05) is 0 Å². The molecule has 6 nitrogen and oxygen atoms in total. The number of carbonyl (C=O) groups is 1. The van der Waals surface area contributed by atoms with Crippen LogP contribution in [0, 0.1) is 0 Å². The fourth-order valence-corrected chi connectivity index (χ4v) is 1.84. The van der Waals surface area contributed by atoms with Gasteiger partial charge in [0.2, 0.25) is 0 Å². The highest BCUT2D eigenvalue weighted by Gasteiger charge is 2.06. The maximum atomic E-state index is 10.4. The van der Waals surface area contributed by atoms with Crippen LogP contribution in [0.5, 0.6) is 0 Å². The highest BCUT2D eigenvalue weighted by molar-refractivity contribution is 5.66. The molecule has 18 heavy (non-hydrogen) atoms. The van der Waals surface area contributed by atoms with Crippen molar-refractivity contribution in [1.29, 1.82) is 0 Å². The van der Waals surface area contributed by atoms with E-state index in [0.717, 1.165) is 18.7 Å². The Hall–Kier alpha value is -1.46. The van der Waals surface area contributed by atoms with Gasteiger partial charge in [-0.25, -0.2) is 4.68 Å². The molecule has 1 aromatic heterocycles. The van der Waals surface area contributed by atoms with Crippen LogP contribution in [0.2, 0.25) is 0 Å². The maximum Gasteiger partial charge on any atom is 0.303 e. The lowest BCUT2D eigenvalue weighted by Crippen LogP contribution is -2.08. The third-order valence-corrected chi connectivity index (χ3v) is 2.87. The predicted octanol–water partition coefficient (Wildman–Crippen LogP) is 2.05. The zero-order valence-corrected chi connectivity index (χ0v) is 11.0. The Labute approximate surface area is 107 Å². The van der Waals surface area contributed by atoms with E-state index in [9.17, 15) is 4.79 Å². The van der Waals surface area contributed by atoms with E-state index < -0.39 is 5.97 Å². The third-order valence-electron chi connectivity index (χ3n) is 2.87. The van der Waals surface area contributed by atoms with Gasteiger partial charge in [0.25, 0.3) is 0 Å². The van der Waals surface area contributed by atoms with Crippen LogP contribution < -0.4 is 0 Å². The molecule has 0 radical (unpaired) electrons. The summed E-state index contributed by atoms with van der Waals surface area (Å²) in [5, 5.41) is 20.1. The fraction of sp³-hybridized carbons (Fsp3) is 0.833. The number of unbranched alkanes of at least 4 members (excludes halogenated alkanes) is 4. The van der Waals surface area contributed by atoms with E-state index in [-0.39, 0.29) is 6.42 Å². The van der Waals surface area contributed by atoms with Gasteiger partial charge in [0.05, 0.1) is 0 Å². The molecule has 0 amide bonds. The molecular weight excluding hydrogens is 232 g/mol. The maximum absolute atomic E-state index is 10.4. The zero-order chi connectivity index (χ0) is 13.2. The standard InChI is InChI=1S/C12H22N4O2/c1-2-3-4-5-6-8-11-13-14-15-16(11)10-7-9-12(17)18/h2-10H2,1H3,(H,17,18). The number of aliphatic carboxylic acids is 1. The molecule has 0 aliphatic heterocycles. The van der Waals surface area contributed by atoms with E-state index in [0.29, 0.717) is 13.0 Å². The van der Waals surface area contributed by atoms with Crippen molar-refractivity contribution in [3.8, 4) is 0 Å². The second-order valence-corrected chi connectivity index (χ2v) is 4.48. The number of hydrogen-bond donors (Lipinski definition) is 1. The number of carboxylic acids is 1. The van der Waals surface area contributed by atoms with Crippen molar-refractivity contribution in [1.82, 2.24) is 20.2 Å². The Kier molecular flexibility index (Phi) is 6.98. The van der Waals surface area contributed by atoms with Gasteiger partial charge in [-0.2, -0.15) is 0 Å². The molecule has 0 aromatic carbocycles. The van der Waals surface area contributed by atoms with Gasteiger partial charge < -0.3 is 5.11 Å². The molecular formula is C12H22N4O2. The smallest absolute Gasteiger partial charge is 0.303 e. The summed E-state index contributed by atoms with van der Waals surface area (Å²) in [5.74, 6) is 0.0982. The first kappa shape index (κ1) is 14.6. The number of aryl methyl sites for hydroxylation is 2. The first-order valence-corrected chi connectivity index (χ1v) is 6.71. The molecule has 1 N–H and O–H groups in total. The number of nitrogens with zero attached hydrogens (tertiary/aromatic N) is 4. The van der Waals surface area contributed by atoms with Gasteiger partial charge >= 0.3 is 5.97 Å². The van der Waals surface area contributed by atoms with Crippen LogP contribution in [-0.2, 0) is 17.8 Å². The third kappa shape index (κ3) is 5.75. The van der Waals surface area contributed by atoms with Gasteiger partial charge in [-0.05, 0) is 23.3 Å². The number of hydrogen-bond acceptors (Lipinski definition) is 4. The summed E-state index contributed by atoms with van der Waals surface area (Å²) in [6, 6.07) is 0. The highest BCUT2D eigenvalue weighted by Crippen LogP contribution is 2.07. The summed E-state index contributed by atoms with van der Waals surface area (Å²) in [7, 11) is 0. The van der Waals surface area contributed by atoms with E-state index in [1.807, 2.05) is 0 Å². The lowest BCUT2D eigenvalue weighted by molar-refractivity contribution is -0.137. The first-order chi connectivity index (χ1) is 8.74. The van der Waals surface area contributed by atoms with Crippen LogP contribution in [0.15, 0.2) is 0 Å². The van der Waals surface area contributed by atoms with E-state index in [2.05, 4.69) is 22.4 Å². The average Bonchev–Trinajstić information content (AvgIpc) is 2.76. The minimum atomic E-state index is -0.774. The highest BCUT2D eigenvalue weighted by atomic mass is 16.4. The van der Waals surface area contributed by atoms with Crippen molar-refractivity contribution in [2.24, 2.45) is 0 Å². The largest absolute Gasteiger partial charge is 0.481 e. The van der Waals surface area contributed by atoms with E-state index in [1.54, 1.807) is 4.68 Å². The summed E-state index contributed by atoms with van der Waals surface area (Å²) in [4.78, 5) is 10.4. The molecule has 0 unspecified atom stereocenters. The topological polar surface area (TPSA) is 80.9 Å². The van der Waals surface area contributed by atoms with Crippen LogP contribution >= 0.6 is 0 Å². The number of carboxylic acid groups (broad SMARTS) is 1. The molecule has 0 atom stereocenters. The predicted molar refractivity (Wildman–Crippen MR) is 67.1 cm³/mol. The average molecular weight is 254 g/mol. The second kappa shape index (κ2) is 8.60. The molecule has 0 aliphatic rings. The lowest BCUT2D eigenvalue weighted by Gasteiger charge is -2.03. The molecule has 0 spiro atoms. The van der Waals surface area contributed by atoms with Crippen molar-refractivity contribution >= 4 is 5.97 Å². The Bertz CT molecular complexity index is 352. The summed E-state index contributed by atoms with van der Waals surface area (Å²) >= 11 is 0. The molecule has 0 aliphatic carbocycles. The van der Waals surface area contributed by atoms with Gasteiger partial charge in [0, 0.05) is 19.4 Å². The fourth-order valence-electron chi connectivity index (χ4n) is 1.84. The SMILES string of the molecule is CCCCCCCc1nnnn1CCCC(=O)O. The summed E-state index contributed by atoms with van der Waals surface area (Å²) in [6.45, 7) is 2.78.